The molecule has 1 aromatic heterocycles. The van der Waals surface area contributed by atoms with E-state index in [0.29, 0.717) is 25.0 Å². The first-order valence-electron chi connectivity index (χ1n) is 20.4. The number of nitrogens with zero attached hydrogens (tertiary/aromatic N) is 3. The highest BCUT2D eigenvalue weighted by atomic mass is 32.2. The molecule has 0 spiro atoms. The number of fused-ring (bicyclic) bond motifs is 5. The number of benzene rings is 1. The molecule has 1 saturated heterocycles. The molecule has 3 heterocycles. The molecule has 7 rings (SSSR count). The number of rotatable bonds is 8. The van der Waals surface area contributed by atoms with E-state index in [1.54, 1.807) is 33.8 Å². The van der Waals surface area contributed by atoms with E-state index in [1.165, 1.54) is 26.2 Å². The molecule has 1 unspecified atom stereocenters. The molecule has 2 aromatic rings. The van der Waals surface area contributed by atoms with Crippen LogP contribution in [0.15, 0.2) is 18.2 Å². The average molecular weight is 869 g/mol. The van der Waals surface area contributed by atoms with Crippen LogP contribution < -0.4 is 24.8 Å². The molecule has 2 aliphatic heterocycles. The number of carbonyl (C=O) groups is 4. The van der Waals surface area contributed by atoms with Gasteiger partial charge in [0.05, 0.1) is 35.4 Å². The third-order valence-electron chi connectivity index (χ3n) is 12.8. The lowest BCUT2D eigenvalue weighted by molar-refractivity contribution is -0.144. The summed E-state index contributed by atoms with van der Waals surface area (Å²) in [4.78, 5) is 66.3. The minimum atomic E-state index is -4.31. The molecule has 330 valence electrons. The summed E-state index contributed by atoms with van der Waals surface area (Å²) in [7, 11) is -2.89. The number of aromatic nitrogens is 2. The standard InChI is InChI=1S/C40H52F4N6O9S/c1-7-22-27-19-50(28(22)32(51)48-39(18-23(39)31(41)42)35(53)49-60(55,56)38(5)14-15-38)34(52)30(37(2,3)4)47-36(54)59-26-16-20(26)10-8-9-13-40(43,44)29-33(58-27)46-25-17-21(57-6)11-12-24(25)45-29/h11-12,17,20,22-23,26-28,30-31H,7-10,13-16,18-19H2,1-6H3,(H,47,54)(H,48,51)(H,49,53)/t20-,22-,23+,26-,27+,28+,30-,39?/m1/s1. The Morgan fingerprint density at radius 2 is 1.78 bits per heavy atom. The molecular formula is C40H52F4N6O9S. The van der Waals surface area contributed by atoms with Gasteiger partial charge in [0.25, 0.3) is 11.8 Å². The van der Waals surface area contributed by atoms with Gasteiger partial charge in [-0.05, 0) is 75.3 Å². The van der Waals surface area contributed by atoms with Gasteiger partial charge >= 0.3 is 6.09 Å². The lowest BCUT2D eigenvalue weighted by Crippen LogP contribution is -2.61. The maximum Gasteiger partial charge on any atom is 0.408 e. The first kappa shape index (κ1) is 43.6. The van der Waals surface area contributed by atoms with Gasteiger partial charge < -0.3 is 29.7 Å². The van der Waals surface area contributed by atoms with Crippen LogP contribution in [0.25, 0.3) is 11.0 Å². The second kappa shape index (κ2) is 15.4. The van der Waals surface area contributed by atoms with Crippen molar-refractivity contribution in [2.24, 2.45) is 23.2 Å². The van der Waals surface area contributed by atoms with Crippen molar-refractivity contribution in [3.05, 3.63) is 23.9 Å². The van der Waals surface area contributed by atoms with Crippen LogP contribution >= 0.6 is 0 Å². The number of ether oxygens (including phenoxy) is 3. The van der Waals surface area contributed by atoms with E-state index in [-0.39, 0.29) is 42.6 Å². The number of hydrogen-bond acceptors (Lipinski definition) is 11. The normalized spacial score (nSPS) is 31.3. The first-order valence-corrected chi connectivity index (χ1v) is 21.9. The second-order valence-electron chi connectivity index (χ2n) is 18.2. The molecule has 3 aliphatic carbocycles. The van der Waals surface area contributed by atoms with E-state index in [4.69, 9.17) is 14.2 Å². The Hall–Kier alpha value is -4.49. The van der Waals surface area contributed by atoms with E-state index in [2.05, 4.69) is 20.6 Å². The predicted molar refractivity (Wildman–Crippen MR) is 207 cm³/mol. The van der Waals surface area contributed by atoms with Gasteiger partial charge in [-0.25, -0.2) is 32.0 Å². The quantitative estimate of drug-likeness (QED) is 0.304. The average Bonchev–Trinajstić information content (AvgIpc) is 4.12. The van der Waals surface area contributed by atoms with Crippen LogP contribution in [0.3, 0.4) is 0 Å². The van der Waals surface area contributed by atoms with Gasteiger partial charge in [-0.15, -0.1) is 0 Å². The van der Waals surface area contributed by atoms with E-state index in [1.807, 2.05) is 4.72 Å². The number of carbonyl (C=O) groups excluding carboxylic acids is 4. The molecule has 4 amide bonds. The van der Waals surface area contributed by atoms with Crippen molar-refractivity contribution in [2.45, 2.75) is 139 Å². The summed E-state index contributed by atoms with van der Waals surface area (Å²) >= 11 is 0. The van der Waals surface area contributed by atoms with Crippen LogP contribution in [-0.2, 0) is 35.1 Å². The van der Waals surface area contributed by atoms with Gasteiger partial charge in [0, 0.05) is 18.4 Å². The lowest BCUT2D eigenvalue weighted by Gasteiger charge is -2.36. The SMILES string of the molecule is CC[C@@H]1[C@@H]2CN(C(=O)[C@H](C(C)(C)C)NC(=O)O[C@@H]3C[C@H]3CCCCC(F)(F)c3nc4ccc(OC)cc4nc3O2)[C@@H]1C(=O)NC1(C(=O)NS(=O)(=O)C2(C)CC2)C[C@H]1C(F)F. The molecule has 8 atom stereocenters. The van der Waals surface area contributed by atoms with Gasteiger partial charge in [0.15, 0.2) is 5.69 Å². The molecular weight excluding hydrogens is 817 g/mol. The van der Waals surface area contributed by atoms with E-state index >= 15 is 8.78 Å². The molecule has 3 N–H and O–H groups in total. The Balaban J connectivity index is 1.30. The van der Waals surface area contributed by atoms with Crippen LogP contribution in [0, 0.1) is 23.2 Å². The van der Waals surface area contributed by atoms with Gasteiger partial charge in [-0.2, -0.15) is 8.78 Å². The molecule has 4 fully saturated rings. The highest BCUT2D eigenvalue weighted by Gasteiger charge is 2.68. The van der Waals surface area contributed by atoms with Crippen molar-refractivity contribution in [3.8, 4) is 11.6 Å². The Kier molecular flexibility index (Phi) is 11.2. The fourth-order valence-electron chi connectivity index (χ4n) is 8.43. The summed E-state index contributed by atoms with van der Waals surface area (Å²) in [5, 5.41) is 5.06. The summed E-state index contributed by atoms with van der Waals surface area (Å²) in [5.41, 5.74) is -3.83. The number of methoxy groups -OCH3 is 1. The second-order valence-corrected chi connectivity index (χ2v) is 20.4. The number of amides is 4. The van der Waals surface area contributed by atoms with Crippen molar-refractivity contribution >= 4 is 44.9 Å². The molecule has 60 heavy (non-hydrogen) atoms. The van der Waals surface area contributed by atoms with Crippen molar-refractivity contribution in [2.75, 3.05) is 13.7 Å². The fraction of sp³-hybridized carbons (Fsp3) is 0.700. The number of hydrogen-bond donors (Lipinski definition) is 3. The van der Waals surface area contributed by atoms with E-state index in [9.17, 15) is 36.4 Å². The summed E-state index contributed by atoms with van der Waals surface area (Å²) in [6.07, 6.45) is -4.91. The third kappa shape index (κ3) is 8.28. The minimum Gasteiger partial charge on any atom is -0.497 e. The van der Waals surface area contributed by atoms with Crippen LogP contribution in [0.5, 0.6) is 11.6 Å². The van der Waals surface area contributed by atoms with Crippen LogP contribution in [0.1, 0.15) is 98.1 Å². The maximum absolute atomic E-state index is 16.3. The zero-order valence-corrected chi connectivity index (χ0v) is 35.2. The zero-order valence-electron chi connectivity index (χ0n) is 34.4. The number of nitrogens with one attached hydrogen (secondary N) is 3. The number of alkyl carbamates (subject to hydrolysis) is 1. The molecule has 3 saturated carbocycles. The summed E-state index contributed by atoms with van der Waals surface area (Å²) in [6.45, 7) is 7.62. The number of halogens is 4. The highest BCUT2D eigenvalue weighted by molar-refractivity contribution is 7.91. The molecule has 2 bridgehead atoms. The van der Waals surface area contributed by atoms with Gasteiger partial charge in [-0.3, -0.25) is 19.1 Å². The molecule has 1 aromatic carbocycles. The molecule has 5 aliphatic rings. The monoisotopic (exact) mass is 868 g/mol. The number of sulfonamides is 1. The zero-order chi connectivity index (χ0) is 43.7. The first-order chi connectivity index (χ1) is 28.0. The van der Waals surface area contributed by atoms with Gasteiger partial charge in [0.1, 0.15) is 35.6 Å². The minimum absolute atomic E-state index is 0.0516. The van der Waals surface area contributed by atoms with Gasteiger partial charge in [0.2, 0.25) is 34.1 Å². The van der Waals surface area contributed by atoms with Gasteiger partial charge in [-0.1, -0.05) is 34.1 Å². The summed E-state index contributed by atoms with van der Waals surface area (Å²) in [6, 6.07) is 1.59. The van der Waals surface area contributed by atoms with Crippen LogP contribution in [0.4, 0.5) is 22.4 Å². The Labute approximate surface area is 345 Å². The van der Waals surface area contributed by atoms with Crippen molar-refractivity contribution in [3.63, 3.8) is 0 Å². The molecule has 15 nitrogen and oxygen atoms in total. The summed E-state index contributed by atoms with van der Waals surface area (Å²) in [5.74, 6) is -9.85. The Morgan fingerprint density at radius 3 is 2.40 bits per heavy atom. The smallest absolute Gasteiger partial charge is 0.408 e. The van der Waals surface area contributed by atoms with Crippen molar-refractivity contribution in [1.82, 2.24) is 30.2 Å². The molecule has 20 heteroatoms. The third-order valence-corrected chi connectivity index (χ3v) is 14.9. The topological polar surface area (TPSA) is 195 Å². The van der Waals surface area contributed by atoms with E-state index in [0.717, 1.165) is 4.90 Å². The predicted octanol–water partition coefficient (Wildman–Crippen LogP) is 4.96. The van der Waals surface area contributed by atoms with Crippen LogP contribution in [-0.4, -0.2) is 102 Å². The lowest BCUT2D eigenvalue weighted by atomic mass is 9.85. The Morgan fingerprint density at radius 1 is 1.07 bits per heavy atom. The molecule has 0 radical (unpaired) electrons. The fourth-order valence-corrected chi connectivity index (χ4v) is 9.74. The van der Waals surface area contributed by atoms with Crippen LogP contribution in [0.2, 0.25) is 0 Å². The highest BCUT2D eigenvalue weighted by Crippen LogP contribution is 2.50. The van der Waals surface area contributed by atoms with E-state index < -0.39 is 129 Å². The maximum atomic E-state index is 16.3. The number of alkyl halides is 4. The largest absolute Gasteiger partial charge is 0.497 e. The van der Waals surface area contributed by atoms with Crippen molar-refractivity contribution in [1.29, 1.82) is 0 Å². The van der Waals surface area contributed by atoms with Crippen molar-refractivity contribution < 1.29 is 59.4 Å². The summed E-state index contributed by atoms with van der Waals surface area (Å²) < 4.78 is 105. The Bertz CT molecular complexity index is 2170.